The van der Waals surface area contributed by atoms with E-state index in [1.165, 1.54) is 70.6 Å². The second kappa shape index (κ2) is 9.78. The van der Waals surface area contributed by atoms with E-state index in [-0.39, 0.29) is 0 Å². The number of nitrogens with zero attached hydrogens (tertiary/aromatic N) is 1. The number of benzene rings is 9. The molecule has 1 aromatic heterocycles. The largest absolute Gasteiger partial charge is 0.456 e. The third-order valence-corrected chi connectivity index (χ3v) is 9.85. The van der Waals surface area contributed by atoms with Crippen LogP contribution in [-0.4, -0.2) is 0 Å². The van der Waals surface area contributed by atoms with Gasteiger partial charge in [-0.1, -0.05) is 103 Å². The van der Waals surface area contributed by atoms with E-state index in [0.29, 0.717) is 5.56 Å². The fraction of sp³-hybridized carbons (Fsp3) is 0. The van der Waals surface area contributed by atoms with Crippen molar-refractivity contribution in [1.29, 1.82) is 5.26 Å². The number of fused-ring (bicyclic) bond motifs is 12. The van der Waals surface area contributed by atoms with E-state index in [1.54, 1.807) is 0 Å². The van der Waals surface area contributed by atoms with E-state index in [1.807, 2.05) is 36.4 Å². The van der Waals surface area contributed by atoms with Crippen LogP contribution in [-0.2, 0) is 0 Å². The van der Waals surface area contributed by atoms with Crippen molar-refractivity contribution < 1.29 is 4.42 Å². The molecule has 2 nitrogen and oxygen atoms in total. The first kappa shape index (κ1) is 25.9. The average molecular weight is 596 g/mol. The number of furan rings is 1. The molecule has 0 saturated heterocycles. The Labute approximate surface area is 270 Å². The zero-order chi connectivity index (χ0) is 31.1. The summed E-state index contributed by atoms with van der Waals surface area (Å²) in [6.07, 6.45) is 0. The quantitative estimate of drug-likeness (QED) is 0.186. The summed E-state index contributed by atoms with van der Waals surface area (Å²) in [6, 6.07) is 56.3. The van der Waals surface area contributed by atoms with Gasteiger partial charge in [-0.05, 0) is 125 Å². The fourth-order valence-corrected chi connectivity index (χ4v) is 7.60. The highest BCUT2D eigenvalue weighted by molar-refractivity contribution is 6.28. The van der Waals surface area contributed by atoms with Gasteiger partial charge in [0.25, 0.3) is 0 Å². The fourth-order valence-electron chi connectivity index (χ4n) is 7.60. The van der Waals surface area contributed by atoms with Crippen molar-refractivity contribution in [3.63, 3.8) is 0 Å². The summed E-state index contributed by atoms with van der Waals surface area (Å²) in [4.78, 5) is 0. The Morgan fingerprint density at radius 1 is 0.362 bits per heavy atom. The molecule has 0 aliphatic heterocycles. The SMILES string of the molecule is N#Cc1ccc(-c2cc3ccc(-c4ccc5c(c4)c4ccccc4c4cc6c(cc54)oc4ccccc46)cc3c3ccccc23)cc1. The van der Waals surface area contributed by atoms with Gasteiger partial charge in [-0.15, -0.1) is 0 Å². The predicted octanol–water partition coefficient (Wildman–Crippen LogP) is 12.6. The summed E-state index contributed by atoms with van der Waals surface area (Å²) < 4.78 is 6.32. The van der Waals surface area contributed by atoms with Gasteiger partial charge in [0.1, 0.15) is 11.2 Å². The molecule has 0 bridgehead atoms. The minimum absolute atomic E-state index is 0.669. The molecule has 0 radical (unpaired) electrons. The molecular formula is C45H25NO. The molecule has 0 aliphatic carbocycles. The summed E-state index contributed by atoms with van der Waals surface area (Å²) >= 11 is 0. The first-order chi connectivity index (χ1) is 23.2. The molecule has 0 aliphatic rings. The standard InChI is InChI=1S/C45H25NO/c46-26-27-13-15-28(16-14-27)38-23-31-18-17-29(21-39(31)33-8-2-1-7-32(33)38)30-19-20-36-40(22-30)34-9-3-4-10-35(34)41-24-43-37-11-5-6-12-44(37)47-45(43)25-42(36)41/h1-25H. The van der Waals surface area contributed by atoms with Crippen LogP contribution in [0.15, 0.2) is 156 Å². The van der Waals surface area contributed by atoms with E-state index < -0.39 is 0 Å². The molecule has 0 saturated carbocycles. The molecule has 216 valence electrons. The number of nitriles is 1. The van der Waals surface area contributed by atoms with Crippen LogP contribution >= 0.6 is 0 Å². The van der Waals surface area contributed by atoms with Crippen LogP contribution in [0.4, 0.5) is 0 Å². The smallest absolute Gasteiger partial charge is 0.136 e. The third-order valence-electron chi connectivity index (χ3n) is 9.85. The molecule has 10 rings (SSSR count). The molecule has 0 spiro atoms. The molecule has 10 aromatic rings. The van der Waals surface area contributed by atoms with Gasteiger partial charge in [0.2, 0.25) is 0 Å². The summed E-state index contributed by atoms with van der Waals surface area (Å²) in [5, 5.41) is 23.9. The number of hydrogen-bond donors (Lipinski definition) is 0. The minimum atomic E-state index is 0.669. The van der Waals surface area contributed by atoms with Crippen LogP contribution in [0.3, 0.4) is 0 Å². The molecule has 0 unspecified atom stereocenters. The lowest BCUT2D eigenvalue weighted by atomic mass is 9.89. The van der Waals surface area contributed by atoms with Crippen LogP contribution in [0.2, 0.25) is 0 Å². The van der Waals surface area contributed by atoms with Crippen LogP contribution in [0, 0.1) is 11.3 Å². The topological polar surface area (TPSA) is 36.9 Å². The zero-order valence-corrected chi connectivity index (χ0v) is 25.3. The Balaban J connectivity index is 1.19. The monoisotopic (exact) mass is 595 g/mol. The van der Waals surface area contributed by atoms with Gasteiger partial charge >= 0.3 is 0 Å². The molecule has 2 heteroatoms. The highest BCUT2D eigenvalue weighted by Crippen LogP contribution is 2.42. The van der Waals surface area contributed by atoms with Crippen LogP contribution in [0.25, 0.3) is 98.1 Å². The number of para-hydroxylation sites is 1. The maximum Gasteiger partial charge on any atom is 0.136 e. The minimum Gasteiger partial charge on any atom is -0.456 e. The van der Waals surface area contributed by atoms with Gasteiger partial charge in [0.15, 0.2) is 0 Å². The average Bonchev–Trinajstić information content (AvgIpc) is 3.51. The second-order valence-electron chi connectivity index (χ2n) is 12.4. The first-order valence-corrected chi connectivity index (χ1v) is 15.9. The van der Waals surface area contributed by atoms with E-state index in [4.69, 9.17) is 4.42 Å². The lowest BCUT2D eigenvalue weighted by Gasteiger charge is -2.14. The van der Waals surface area contributed by atoms with E-state index in [0.717, 1.165) is 27.5 Å². The van der Waals surface area contributed by atoms with Crippen molar-refractivity contribution in [2.45, 2.75) is 0 Å². The number of rotatable bonds is 2. The Hall–Kier alpha value is -6.43. The molecule has 0 fully saturated rings. The summed E-state index contributed by atoms with van der Waals surface area (Å²) in [5.74, 6) is 0. The van der Waals surface area contributed by atoms with E-state index in [2.05, 4.69) is 121 Å². The Morgan fingerprint density at radius 3 is 1.66 bits per heavy atom. The highest BCUT2D eigenvalue weighted by atomic mass is 16.3. The van der Waals surface area contributed by atoms with Crippen LogP contribution in [0.1, 0.15) is 5.56 Å². The molecule has 9 aromatic carbocycles. The second-order valence-corrected chi connectivity index (χ2v) is 12.4. The Kier molecular flexibility index (Phi) is 5.38. The molecular weight excluding hydrogens is 571 g/mol. The lowest BCUT2D eigenvalue weighted by molar-refractivity contribution is 0.669. The summed E-state index contributed by atoms with van der Waals surface area (Å²) in [6.45, 7) is 0. The predicted molar refractivity (Wildman–Crippen MR) is 197 cm³/mol. The van der Waals surface area contributed by atoms with Crippen LogP contribution < -0.4 is 0 Å². The Morgan fingerprint density at radius 2 is 0.915 bits per heavy atom. The normalized spacial score (nSPS) is 11.8. The van der Waals surface area contributed by atoms with E-state index >= 15 is 0 Å². The molecule has 0 N–H and O–H groups in total. The first-order valence-electron chi connectivity index (χ1n) is 15.9. The molecule has 47 heavy (non-hydrogen) atoms. The van der Waals surface area contributed by atoms with Gasteiger partial charge in [0, 0.05) is 10.8 Å². The van der Waals surface area contributed by atoms with Gasteiger partial charge < -0.3 is 4.42 Å². The van der Waals surface area contributed by atoms with Gasteiger partial charge in [-0.25, -0.2) is 0 Å². The van der Waals surface area contributed by atoms with Crippen molar-refractivity contribution in [2.24, 2.45) is 0 Å². The summed E-state index contributed by atoms with van der Waals surface area (Å²) in [7, 11) is 0. The molecule has 0 amide bonds. The van der Waals surface area contributed by atoms with Crippen molar-refractivity contribution in [2.75, 3.05) is 0 Å². The van der Waals surface area contributed by atoms with Crippen molar-refractivity contribution in [1.82, 2.24) is 0 Å². The van der Waals surface area contributed by atoms with Gasteiger partial charge in [0.05, 0.1) is 11.6 Å². The maximum atomic E-state index is 9.30. The van der Waals surface area contributed by atoms with Gasteiger partial charge in [-0.3, -0.25) is 0 Å². The zero-order valence-electron chi connectivity index (χ0n) is 25.3. The molecule has 0 atom stereocenters. The van der Waals surface area contributed by atoms with E-state index in [9.17, 15) is 5.26 Å². The molecule has 1 heterocycles. The van der Waals surface area contributed by atoms with Crippen molar-refractivity contribution in [3.8, 4) is 28.3 Å². The number of hydrogen-bond acceptors (Lipinski definition) is 2. The summed E-state index contributed by atoms with van der Waals surface area (Å²) in [5.41, 5.74) is 7.17. The Bertz CT molecular complexity index is 2960. The van der Waals surface area contributed by atoms with Gasteiger partial charge in [-0.2, -0.15) is 5.26 Å². The highest BCUT2D eigenvalue weighted by Gasteiger charge is 2.15. The third kappa shape index (κ3) is 3.84. The van der Waals surface area contributed by atoms with Crippen LogP contribution in [0.5, 0.6) is 0 Å². The van der Waals surface area contributed by atoms with Crippen molar-refractivity contribution in [3.05, 3.63) is 157 Å². The van der Waals surface area contributed by atoms with Crippen molar-refractivity contribution >= 4 is 75.8 Å². The maximum absolute atomic E-state index is 9.30. The lowest BCUT2D eigenvalue weighted by Crippen LogP contribution is -1.87.